The Morgan fingerprint density at radius 3 is 2.50 bits per heavy atom. The molecule has 1 atom stereocenters. The molecule has 3 N–H and O–H groups in total. The van der Waals surface area contributed by atoms with Crippen LogP contribution in [0, 0.1) is 13.8 Å². The number of nitrogens with zero attached hydrogens (tertiary/aromatic N) is 2. The number of benzene rings is 2. The Labute approximate surface area is 172 Å². The van der Waals surface area contributed by atoms with Gasteiger partial charge in [-0.05, 0) is 43.5 Å². The van der Waals surface area contributed by atoms with Gasteiger partial charge in [0, 0.05) is 24.3 Å². The average Bonchev–Trinajstić information content (AvgIpc) is 3.08. The van der Waals surface area contributed by atoms with Gasteiger partial charge < -0.3 is 11.1 Å². The Kier molecular flexibility index (Phi) is 7.38. The van der Waals surface area contributed by atoms with E-state index in [0.717, 1.165) is 11.1 Å². The lowest BCUT2D eigenvalue weighted by atomic mass is 10.0. The molecule has 0 bridgehead atoms. The maximum absolute atomic E-state index is 12.8. The molecule has 0 saturated heterocycles. The molecule has 1 amide bonds. The minimum atomic E-state index is -0.152. The highest BCUT2D eigenvalue weighted by molar-refractivity contribution is 6.00. The van der Waals surface area contributed by atoms with Crippen LogP contribution in [-0.4, -0.2) is 28.3 Å². The highest BCUT2D eigenvalue weighted by Crippen LogP contribution is 2.25. The fourth-order valence-electron chi connectivity index (χ4n) is 2.90. The van der Waals surface area contributed by atoms with Crippen molar-refractivity contribution in [2.24, 2.45) is 5.73 Å². The zero-order valence-electron chi connectivity index (χ0n) is 16.5. The van der Waals surface area contributed by atoms with E-state index >= 15 is 0 Å². The summed E-state index contributed by atoms with van der Waals surface area (Å²) in [5.41, 5.74) is 11.4. The second-order valence-electron chi connectivity index (χ2n) is 6.98. The number of nitrogens with two attached hydrogens (primary N) is 1. The number of carbonyl (C=O) groups is 1. The highest BCUT2D eigenvalue weighted by Gasteiger charge is 2.19. The van der Waals surface area contributed by atoms with Crippen molar-refractivity contribution in [3.63, 3.8) is 0 Å². The van der Waals surface area contributed by atoms with Crippen LogP contribution in [0.4, 0.5) is 0 Å². The van der Waals surface area contributed by atoms with Gasteiger partial charge in [-0.1, -0.05) is 42.5 Å². The maximum Gasteiger partial charge on any atom is 0.255 e. The molecule has 3 rings (SSSR count). The Balaban J connectivity index is 0.00000280. The number of hydrogen-bond donors (Lipinski definition) is 2. The molecule has 0 aliphatic rings. The Morgan fingerprint density at radius 1 is 1.14 bits per heavy atom. The van der Waals surface area contributed by atoms with Gasteiger partial charge in [-0.2, -0.15) is 5.10 Å². The lowest BCUT2D eigenvalue weighted by Gasteiger charge is -2.11. The molecule has 148 valence electrons. The minimum Gasteiger partial charge on any atom is -0.348 e. The van der Waals surface area contributed by atoms with Gasteiger partial charge in [-0.3, -0.25) is 9.48 Å². The summed E-state index contributed by atoms with van der Waals surface area (Å²) in [5.74, 6) is -0.152. The molecule has 2 aromatic carbocycles. The molecule has 0 aliphatic heterocycles. The highest BCUT2D eigenvalue weighted by atomic mass is 35.5. The standard InChI is InChI=1S/C22H26N4O.ClH/c1-15-9-10-19(11-16(15)2)21-20(22(27)24-17(3)12-23)14-26(25-21)13-18-7-5-4-6-8-18;/h4-11,14,17H,12-13,23H2,1-3H3,(H,24,27);1H/t17-;/m0./s1. The first kappa shape index (κ1) is 21.7. The number of aryl methyl sites for hydroxylation is 2. The van der Waals surface area contributed by atoms with Gasteiger partial charge in [0.1, 0.15) is 5.69 Å². The smallest absolute Gasteiger partial charge is 0.255 e. The lowest BCUT2D eigenvalue weighted by molar-refractivity contribution is 0.0942. The summed E-state index contributed by atoms with van der Waals surface area (Å²) in [7, 11) is 0. The zero-order chi connectivity index (χ0) is 19.4. The van der Waals surface area contributed by atoms with Gasteiger partial charge >= 0.3 is 0 Å². The fourth-order valence-corrected chi connectivity index (χ4v) is 2.90. The summed E-state index contributed by atoms with van der Waals surface area (Å²) in [5, 5.41) is 7.67. The monoisotopic (exact) mass is 398 g/mol. The van der Waals surface area contributed by atoms with Crippen molar-refractivity contribution in [2.75, 3.05) is 6.54 Å². The Morgan fingerprint density at radius 2 is 1.86 bits per heavy atom. The van der Waals surface area contributed by atoms with E-state index in [1.807, 2.05) is 54.2 Å². The molecule has 0 radical (unpaired) electrons. The van der Waals surface area contributed by atoms with Crippen molar-refractivity contribution < 1.29 is 4.79 Å². The van der Waals surface area contributed by atoms with Crippen molar-refractivity contribution >= 4 is 18.3 Å². The van der Waals surface area contributed by atoms with Crippen LogP contribution in [-0.2, 0) is 6.54 Å². The second kappa shape index (κ2) is 9.53. The first-order valence-electron chi connectivity index (χ1n) is 9.18. The number of aromatic nitrogens is 2. The van der Waals surface area contributed by atoms with E-state index in [1.165, 1.54) is 11.1 Å². The number of halogens is 1. The molecule has 28 heavy (non-hydrogen) atoms. The summed E-state index contributed by atoms with van der Waals surface area (Å²) in [6, 6.07) is 16.1. The van der Waals surface area contributed by atoms with Crippen LogP contribution >= 0.6 is 12.4 Å². The van der Waals surface area contributed by atoms with Crippen molar-refractivity contribution in [3.8, 4) is 11.3 Å². The molecule has 3 aromatic rings. The third-order valence-electron chi connectivity index (χ3n) is 4.71. The van der Waals surface area contributed by atoms with E-state index in [1.54, 1.807) is 0 Å². The minimum absolute atomic E-state index is 0. The zero-order valence-corrected chi connectivity index (χ0v) is 17.3. The summed E-state index contributed by atoms with van der Waals surface area (Å²) in [6.45, 7) is 7.03. The largest absolute Gasteiger partial charge is 0.348 e. The van der Waals surface area contributed by atoms with Gasteiger partial charge in [0.05, 0.1) is 12.1 Å². The summed E-state index contributed by atoms with van der Waals surface area (Å²) in [6.07, 6.45) is 1.82. The van der Waals surface area contributed by atoms with Crippen molar-refractivity contribution in [1.82, 2.24) is 15.1 Å². The first-order chi connectivity index (χ1) is 13.0. The topological polar surface area (TPSA) is 72.9 Å². The molecule has 0 spiro atoms. The van der Waals surface area contributed by atoms with Gasteiger partial charge in [-0.25, -0.2) is 0 Å². The number of carbonyl (C=O) groups excluding carboxylic acids is 1. The molecule has 0 unspecified atom stereocenters. The summed E-state index contributed by atoms with van der Waals surface area (Å²) < 4.78 is 1.82. The van der Waals surface area contributed by atoms with E-state index < -0.39 is 0 Å². The number of hydrogen-bond acceptors (Lipinski definition) is 3. The number of amides is 1. The van der Waals surface area contributed by atoms with Crippen molar-refractivity contribution in [1.29, 1.82) is 0 Å². The van der Waals surface area contributed by atoms with E-state index in [-0.39, 0.29) is 24.4 Å². The SMILES string of the molecule is Cc1ccc(-c2nn(Cc3ccccc3)cc2C(=O)N[C@@H](C)CN)cc1C.Cl. The van der Waals surface area contributed by atoms with Gasteiger partial charge in [0.25, 0.3) is 5.91 Å². The van der Waals surface area contributed by atoms with Crippen LogP contribution in [0.15, 0.2) is 54.7 Å². The number of rotatable bonds is 6. The number of nitrogens with one attached hydrogen (secondary N) is 1. The molecular formula is C22H27ClN4O. The van der Waals surface area contributed by atoms with E-state index in [0.29, 0.717) is 24.3 Å². The quantitative estimate of drug-likeness (QED) is 0.664. The van der Waals surface area contributed by atoms with Gasteiger partial charge in [-0.15, -0.1) is 12.4 Å². The van der Waals surface area contributed by atoms with E-state index in [4.69, 9.17) is 10.8 Å². The molecule has 1 heterocycles. The Bertz CT molecular complexity index is 937. The maximum atomic E-state index is 12.8. The predicted molar refractivity (Wildman–Crippen MR) is 116 cm³/mol. The van der Waals surface area contributed by atoms with Crippen LogP contribution in [0.25, 0.3) is 11.3 Å². The summed E-state index contributed by atoms with van der Waals surface area (Å²) >= 11 is 0. The molecule has 0 fully saturated rings. The van der Waals surface area contributed by atoms with Crippen LogP contribution in [0.2, 0.25) is 0 Å². The molecule has 0 aliphatic carbocycles. The van der Waals surface area contributed by atoms with Gasteiger partial charge in [0.15, 0.2) is 0 Å². The van der Waals surface area contributed by atoms with Crippen LogP contribution in [0.3, 0.4) is 0 Å². The van der Waals surface area contributed by atoms with E-state index in [9.17, 15) is 4.79 Å². The second-order valence-corrected chi connectivity index (χ2v) is 6.98. The average molecular weight is 399 g/mol. The van der Waals surface area contributed by atoms with Crippen LogP contribution in [0.1, 0.15) is 34.0 Å². The van der Waals surface area contributed by atoms with Crippen molar-refractivity contribution in [2.45, 2.75) is 33.4 Å². The summed E-state index contributed by atoms with van der Waals surface area (Å²) in [4.78, 5) is 12.8. The Hall–Kier alpha value is -2.63. The third kappa shape index (κ3) is 5.00. The molecule has 6 heteroatoms. The molecule has 1 aromatic heterocycles. The van der Waals surface area contributed by atoms with Crippen LogP contribution in [0.5, 0.6) is 0 Å². The molecule has 5 nitrogen and oxygen atoms in total. The first-order valence-corrected chi connectivity index (χ1v) is 9.18. The van der Waals surface area contributed by atoms with Crippen LogP contribution < -0.4 is 11.1 Å². The van der Waals surface area contributed by atoms with Crippen molar-refractivity contribution in [3.05, 3.63) is 77.0 Å². The normalized spacial score (nSPS) is 11.6. The lowest BCUT2D eigenvalue weighted by Crippen LogP contribution is -2.37. The van der Waals surface area contributed by atoms with E-state index in [2.05, 4.69) is 31.3 Å². The van der Waals surface area contributed by atoms with Gasteiger partial charge in [0.2, 0.25) is 0 Å². The molecule has 0 saturated carbocycles. The molecular weight excluding hydrogens is 372 g/mol. The third-order valence-corrected chi connectivity index (χ3v) is 4.71. The fraction of sp³-hybridized carbons (Fsp3) is 0.273. The predicted octanol–water partition coefficient (Wildman–Crippen LogP) is 3.71.